The molecule has 176 valence electrons. The predicted octanol–water partition coefficient (Wildman–Crippen LogP) is 2.29. The Morgan fingerprint density at radius 2 is 1.69 bits per heavy atom. The van der Waals surface area contributed by atoms with E-state index >= 15 is 0 Å². The van der Waals surface area contributed by atoms with Crippen molar-refractivity contribution in [1.29, 1.82) is 0 Å². The first-order chi connectivity index (χ1) is 15.4. The summed E-state index contributed by atoms with van der Waals surface area (Å²) in [7, 11) is 1.14. The third-order valence-electron chi connectivity index (χ3n) is 6.95. The number of methoxy groups -OCH3 is 3. The van der Waals surface area contributed by atoms with Gasteiger partial charge in [-0.2, -0.15) is 4.31 Å². The normalized spacial score (nSPS) is 18.8. The molecule has 3 heterocycles. The maximum atomic E-state index is 13.3. The van der Waals surface area contributed by atoms with E-state index in [2.05, 4.69) is 14.8 Å². The quantitative estimate of drug-likeness (QED) is 0.620. The second-order valence-corrected chi connectivity index (χ2v) is 10.5. The number of hydrogen-bond acceptors (Lipinski definition) is 7. The van der Waals surface area contributed by atoms with E-state index in [9.17, 15) is 8.42 Å². The molecule has 4 rings (SSSR count). The topological polar surface area (TPSA) is 95.8 Å². The van der Waals surface area contributed by atoms with Crippen LogP contribution in [0.15, 0.2) is 23.1 Å². The van der Waals surface area contributed by atoms with Gasteiger partial charge in [-0.05, 0) is 43.2 Å². The molecule has 0 saturated carbocycles. The molecule has 0 atom stereocenters. The molecule has 32 heavy (non-hydrogen) atoms. The largest absolute Gasteiger partial charge is 0.493 e. The molecule has 1 aromatic carbocycles. The molecule has 0 amide bonds. The average Bonchev–Trinajstić information content (AvgIpc) is 3.13. The highest BCUT2D eigenvalue weighted by Gasteiger charge is 2.40. The number of benzene rings is 1. The van der Waals surface area contributed by atoms with Crippen LogP contribution in [0.2, 0.25) is 0 Å². The Balaban J connectivity index is 1.44. The molecule has 10 heteroatoms. The minimum atomic E-state index is -3.59. The van der Waals surface area contributed by atoms with E-state index in [4.69, 9.17) is 14.2 Å². The number of aryl methyl sites for hydroxylation is 1. The second kappa shape index (κ2) is 9.36. The van der Waals surface area contributed by atoms with Gasteiger partial charge in [0.1, 0.15) is 11.6 Å². The van der Waals surface area contributed by atoms with Crippen molar-refractivity contribution in [2.75, 3.05) is 41.0 Å². The van der Waals surface area contributed by atoms with Gasteiger partial charge in [0, 0.05) is 45.7 Å². The summed E-state index contributed by atoms with van der Waals surface area (Å²) >= 11 is 0. The molecular formula is C22H32N4O5S. The molecule has 2 aliphatic heterocycles. The summed E-state index contributed by atoms with van der Waals surface area (Å²) in [4.78, 5) is 0.237. The summed E-state index contributed by atoms with van der Waals surface area (Å²) in [5, 5.41) is 8.74. The van der Waals surface area contributed by atoms with Gasteiger partial charge in [0.25, 0.3) is 0 Å². The monoisotopic (exact) mass is 464 g/mol. The Labute approximate surface area is 189 Å². The maximum absolute atomic E-state index is 13.3. The van der Waals surface area contributed by atoms with Crippen molar-refractivity contribution in [2.45, 2.75) is 50.0 Å². The van der Waals surface area contributed by atoms with Crippen LogP contribution in [0, 0.1) is 5.41 Å². The Morgan fingerprint density at radius 3 is 2.38 bits per heavy atom. The fourth-order valence-corrected chi connectivity index (χ4v) is 6.33. The van der Waals surface area contributed by atoms with Gasteiger partial charge in [0.2, 0.25) is 10.0 Å². The number of aromatic nitrogens is 3. The highest BCUT2D eigenvalue weighted by molar-refractivity contribution is 7.89. The van der Waals surface area contributed by atoms with Crippen molar-refractivity contribution in [3.05, 3.63) is 29.8 Å². The number of ether oxygens (including phenoxy) is 3. The fraction of sp³-hybridized carbons (Fsp3) is 0.636. The van der Waals surface area contributed by atoms with Gasteiger partial charge in [-0.15, -0.1) is 10.2 Å². The molecule has 0 bridgehead atoms. The van der Waals surface area contributed by atoms with E-state index in [0.29, 0.717) is 31.2 Å². The van der Waals surface area contributed by atoms with Gasteiger partial charge >= 0.3 is 0 Å². The minimum Gasteiger partial charge on any atom is -0.493 e. The Hall–Kier alpha value is -2.17. The summed E-state index contributed by atoms with van der Waals surface area (Å²) in [6.45, 7) is 2.55. The van der Waals surface area contributed by atoms with Crippen molar-refractivity contribution < 1.29 is 22.6 Å². The van der Waals surface area contributed by atoms with Crippen LogP contribution in [0.25, 0.3) is 0 Å². The molecule has 1 fully saturated rings. The predicted molar refractivity (Wildman–Crippen MR) is 119 cm³/mol. The third-order valence-corrected chi connectivity index (χ3v) is 8.85. The van der Waals surface area contributed by atoms with Crippen LogP contribution >= 0.6 is 0 Å². The molecule has 2 aromatic rings. The molecule has 2 aliphatic rings. The molecule has 1 aromatic heterocycles. The molecule has 0 unspecified atom stereocenters. The maximum Gasteiger partial charge on any atom is 0.243 e. The SMILES string of the molecule is COCCc1nnc2n1CCC1(CC2)CCN(S(=O)(=O)c2ccc(OC)c(OC)c2)CC1. The van der Waals surface area contributed by atoms with Gasteiger partial charge in [-0.25, -0.2) is 8.42 Å². The van der Waals surface area contributed by atoms with E-state index in [1.165, 1.54) is 20.3 Å². The van der Waals surface area contributed by atoms with Gasteiger partial charge in [-0.1, -0.05) is 0 Å². The van der Waals surface area contributed by atoms with Crippen LogP contribution in [0.1, 0.15) is 37.3 Å². The zero-order valence-electron chi connectivity index (χ0n) is 19.0. The van der Waals surface area contributed by atoms with Crippen LogP contribution in [0.3, 0.4) is 0 Å². The van der Waals surface area contributed by atoms with Crippen LogP contribution in [0.5, 0.6) is 11.5 Å². The van der Waals surface area contributed by atoms with Gasteiger partial charge in [0.15, 0.2) is 11.5 Å². The Bertz CT molecular complexity index is 1040. The molecule has 1 spiro atoms. The smallest absolute Gasteiger partial charge is 0.243 e. The molecule has 0 radical (unpaired) electrons. The van der Waals surface area contributed by atoms with Crippen molar-refractivity contribution >= 4 is 10.0 Å². The first-order valence-electron chi connectivity index (χ1n) is 11.0. The van der Waals surface area contributed by atoms with Crippen molar-refractivity contribution in [3.63, 3.8) is 0 Å². The molecule has 1 saturated heterocycles. The minimum absolute atomic E-state index is 0.142. The summed E-state index contributed by atoms with van der Waals surface area (Å²) in [6.07, 6.45) is 5.37. The molecular weight excluding hydrogens is 432 g/mol. The number of hydrogen-bond donors (Lipinski definition) is 0. The fourth-order valence-electron chi connectivity index (χ4n) is 4.87. The summed E-state index contributed by atoms with van der Waals surface area (Å²) < 4.78 is 46.1. The lowest BCUT2D eigenvalue weighted by Crippen LogP contribution is -2.43. The van der Waals surface area contributed by atoms with E-state index in [0.717, 1.165) is 56.7 Å². The lowest BCUT2D eigenvalue weighted by Gasteiger charge is -2.40. The van der Waals surface area contributed by atoms with Crippen LogP contribution < -0.4 is 9.47 Å². The lowest BCUT2D eigenvalue weighted by molar-refractivity contribution is 0.129. The number of fused-ring (bicyclic) bond motifs is 1. The zero-order valence-corrected chi connectivity index (χ0v) is 19.9. The van der Waals surface area contributed by atoms with Crippen molar-refractivity contribution in [1.82, 2.24) is 19.1 Å². The Morgan fingerprint density at radius 1 is 0.969 bits per heavy atom. The first kappa shape index (κ1) is 23.0. The number of nitrogens with zero attached hydrogens (tertiary/aromatic N) is 4. The number of rotatable bonds is 7. The second-order valence-electron chi connectivity index (χ2n) is 8.60. The van der Waals surface area contributed by atoms with E-state index in [1.54, 1.807) is 23.5 Å². The number of piperidine rings is 1. The third kappa shape index (κ3) is 4.35. The van der Waals surface area contributed by atoms with Crippen LogP contribution in [0.4, 0.5) is 0 Å². The van der Waals surface area contributed by atoms with E-state index in [-0.39, 0.29) is 10.3 Å². The number of sulfonamides is 1. The molecule has 0 N–H and O–H groups in total. The van der Waals surface area contributed by atoms with E-state index < -0.39 is 10.0 Å². The van der Waals surface area contributed by atoms with Crippen molar-refractivity contribution in [3.8, 4) is 11.5 Å². The van der Waals surface area contributed by atoms with Gasteiger partial charge < -0.3 is 18.8 Å². The van der Waals surface area contributed by atoms with E-state index in [1.807, 2.05) is 0 Å². The highest BCUT2D eigenvalue weighted by atomic mass is 32.2. The van der Waals surface area contributed by atoms with Crippen LogP contribution in [-0.4, -0.2) is 68.5 Å². The first-order valence-corrected chi connectivity index (χ1v) is 12.5. The summed E-state index contributed by atoms with van der Waals surface area (Å²) in [5.74, 6) is 2.94. The van der Waals surface area contributed by atoms with Crippen LogP contribution in [-0.2, 0) is 34.1 Å². The van der Waals surface area contributed by atoms with Crippen molar-refractivity contribution in [2.24, 2.45) is 5.41 Å². The highest BCUT2D eigenvalue weighted by Crippen LogP contribution is 2.43. The Kier molecular flexibility index (Phi) is 6.73. The standard InChI is InChI=1S/C22H32N4O5S/c1-29-15-7-21-24-23-20-6-8-22(11-14-26(20)21)9-12-25(13-10-22)32(27,28)17-4-5-18(30-2)19(16-17)31-3/h4-5,16H,6-15H2,1-3H3. The summed E-state index contributed by atoms with van der Waals surface area (Å²) in [5.41, 5.74) is 0.142. The molecule has 9 nitrogen and oxygen atoms in total. The van der Waals surface area contributed by atoms with Gasteiger partial charge in [-0.3, -0.25) is 0 Å². The van der Waals surface area contributed by atoms with Gasteiger partial charge in [0.05, 0.1) is 25.7 Å². The average molecular weight is 465 g/mol. The summed E-state index contributed by atoms with van der Waals surface area (Å²) in [6, 6.07) is 4.76. The zero-order chi connectivity index (χ0) is 22.8. The molecule has 0 aliphatic carbocycles. The lowest BCUT2D eigenvalue weighted by atomic mass is 9.73.